The summed E-state index contributed by atoms with van der Waals surface area (Å²) in [5, 5.41) is 0. The predicted molar refractivity (Wildman–Crippen MR) is 86.8 cm³/mol. The van der Waals surface area contributed by atoms with Gasteiger partial charge in [0.1, 0.15) is 40.0 Å². The lowest BCUT2D eigenvalue weighted by Gasteiger charge is -2.62. The number of rotatable bonds is 4. The first-order valence-corrected chi connectivity index (χ1v) is 9.22. The summed E-state index contributed by atoms with van der Waals surface area (Å²) in [6.07, 6.45) is 2.73. The molecule has 8 saturated heterocycles. The van der Waals surface area contributed by atoms with Crippen LogP contribution in [0.25, 0.3) is 0 Å². The van der Waals surface area contributed by atoms with E-state index in [1.165, 1.54) is 109 Å². The minimum atomic E-state index is 1.20. The van der Waals surface area contributed by atoms with E-state index in [2.05, 4.69) is 29.4 Å². The summed E-state index contributed by atoms with van der Waals surface area (Å²) in [7, 11) is 1.38. The van der Waals surface area contributed by atoms with E-state index < -0.39 is 0 Å². The topological polar surface area (TPSA) is 19.4 Å². The Balaban J connectivity index is 1.12. The van der Waals surface area contributed by atoms with Crippen LogP contribution in [0.5, 0.6) is 0 Å². The van der Waals surface area contributed by atoms with Gasteiger partial charge >= 0.3 is 0 Å². The average Bonchev–Trinajstić information content (AvgIpc) is 2.43. The van der Waals surface area contributed by atoms with E-state index in [1.54, 1.807) is 0 Å². The zero-order chi connectivity index (χ0) is 15.1. The Morgan fingerprint density at radius 3 is 1.00 bits per heavy atom. The zero-order valence-electron chi connectivity index (χ0n) is 14.2. The van der Waals surface area contributed by atoms with E-state index in [-0.39, 0.29) is 0 Å². The third-order valence-electron chi connectivity index (χ3n) is 6.66. The molecule has 0 amide bonds. The lowest BCUT2D eigenvalue weighted by Crippen LogP contribution is -2.81. The molecule has 0 aromatic heterocycles. The molecule has 0 aliphatic carbocycles. The third-order valence-corrected chi connectivity index (χ3v) is 6.66. The standard InChI is InChI=1S/C14H29BN8/c1(22-9-16-3-17(10-22)5-18(4-16)11-22)15-2-23-12-19-6-20(13-23)8-21(7-19)14-23/h15H,1-14H2/q+2. The van der Waals surface area contributed by atoms with Crippen molar-refractivity contribution in [1.82, 2.24) is 29.4 Å². The molecule has 8 fully saturated rings. The van der Waals surface area contributed by atoms with Gasteiger partial charge in [0, 0.05) is 0 Å². The molecule has 8 aliphatic heterocycles. The minimum Gasteiger partial charge on any atom is -0.293 e. The summed E-state index contributed by atoms with van der Waals surface area (Å²) in [6, 6.07) is 0. The van der Waals surface area contributed by atoms with Gasteiger partial charge in [-0.05, 0) is 0 Å². The van der Waals surface area contributed by atoms with Gasteiger partial charge in [-0.2, -0.15) is 0 Å². The highest BCUT2D eigenvalue weighted by atomic mass is 15.7. The fourth-order valence-electron chi connectivity index (χ4n) is 6.48. The van der Waals surface area contributed by atoms with Crippen molar-refractivity contribution in [3.05, 3.63) is 0 Å². The van der Waals surface area contributed by atoms with Crippen molar-refractivity contribution >= 4 is 7.28 Å². The first-order chi connectivity index (χ1) is 11.2. The molecule has 9 heteroatoms. The van der Waals surface area contributed by atoms with Crippen molar-refractivity contribution in [3.63, 3.8) is 0 Å². The Bertz CT molecular complexity index is 398. The molecule has 0 saturated carbocycles. The molecular formula is C14H29BN8+2. The van der Waals surface area contributed by atoms with Crippen LogP contribution in [0.2, 0.25) is 0 Å². The zero-order valence-corrected chi connectivity index (χ0v) is 14.2. The van der Waals surface area contributed by atoms with Gasteiger partial charge in [-0.25, -0.2) is 29.4 Å². The molecule has 8 rings (SSSR count). The van der Waals surface area contributed by atoms with Crippen molar-refractivity contribution in [3.8, 4) is 0 Å². The van der Waals surface area contributed by atoms with Crippen molar-refractivity contribution in [2.45, 2.75) is 0 Å². The van der Waals surface area contributed by atoms with Crippen LogP contribution < -0.4 is 0 Å². The van der Waals surface area contributed by atoms with Gasteiger partial charge in [-0.15, -0.1) is 0 Å². The Kier molecular flexibility index (Phi) is 2.84. The molecular weight excluding hydrogens is 291 g/mol. The lowest BCUT2D eigenvalue weighted by atomic mass is 9.75. The first kappa shape index (κ1) is 14.0. The molecule has 8 nitrogen and oxygen atoms in total. The number of nitrogens with zero attached hydrogens (tertiary/aromatic N) is 8. The van der Waals surface area contributed by atoms with Crippen LogP contribution in [-0.2, 0) is 0 Å². The summed E-state index contributed by atoms with van der Waals surface area (Å²) in [6.45, 7) is 15.0. The molecule has 0 aromatic rings. The normalized spacial score (nSPS) is 58.8. The Morgan fingerprint density at radius 2 is 0.739 bits per heavy atom. The lowest BCUT2D eigenvalue weighted by molar-refractivity contribution is -0.979. The minimum absolute atomic E-state index is 1.20. The summed E-state index contributed by atoms with van der Waals surface area (Å²) in [4.78, 5) is 15.8. The summed E-state index contributed by atoms with van der Waals surface area (Å²) in [5.74, 6) is 0. The van der Waals surface area contributed by atoms with Crippen LogP contribution in [0.15, 0.2) is 0 Å². The van der Waals surface area contributed by atoms with E-state index in [0.29, 0.717) is 0 Å². The Labute approximate surface area is 139 Å². The van der Waals surface area contributed by atoms with Gasteiger partial charge in [0.05, 0.1) is 52.9 Å². The van der Waals surface area contributed by atoms with Crippen molar-refractivity contribution < 1.29 is 8.97 Å². The Morgan fingerprint density at radius 1 is 0.478 bits per heavy atom. The molecule has 8 heterocycles. The number of hydrogen-bond donors (Lipinski definition) is 0. The molecule has 126 valence electrons. The highest BCUT2D eigenvalue weighted by Gasteiger charge is 2.51. The van der Waals surface area contributed by atoms with Crippen LogP contribution >= 0.6 is 0 Å². The van der Waals surface area contributed by atoms with Gasteiger partial charge in [-0.1, -0.05) is 0 Å². The second-order valence-corrected chi connectivity index (χ2v) is 9.21. The van der Waals surface area contributed by atoms with Gasteiger partial charge in [-0.3, -0.25) is 8.97 Å². The molecule has 0 radical (unpaired) electrons. The van der Waals surface area contributed by atoms with E-state index in [0.717, 1.165) is 0 Å². The maximum Gasteiger partial charge on any atom is 0.258 e. The van der Waals surface area contributed by atoms with E-state index >= 15 is 0 Å². The third kappa shape index (κ3) is 2.22. The summed E-state index contributed by atoms with van der Waals surface area (Å²) >= 11 is 0. The highest BCUT2D eigenvalue weighted by molar-refractivity contribution is 6.34. The molecule has 0 aromatic carbocycles. The second-order valence-electron chi connectivity index (χ2n) is 9.21. The first-order valence-electron chi connectivity index (χ1n) is 9.22. The average molecular weight is 320 g/mol. The van der Waals surface area contributed by atoms with Crippen LogP contribution in [0.4, 0.5) is 0 Å². The summed E-state index contributed by atoms with van der Waals surface area (Å²) in [5.41, 5.74) is 0. The molecule has 23 heavy (non-hydrogen) atoms. The van der Waals surface area contributed by atoms with Crippen molar-refractivity contribution in [2.24, 2.45) is 0 Å². The van der Waals surface area contributed by atoms with E-state index in [1.807, 2.05) is 0 Å². The van der Waals surface area contributed by atoms with Crippen molar-refractivity contribution in [1.29, 1.82) is 0 Å². The predicted octanol–water partition coefficient (Wildman–Crippen LogP) is -2.64. The largest absolute Gasteiger partial charge is 0.293 e. The smallest absolute Gasteiger partial charge is 0.258 e. The highest BCUT2D eigenvalue weighted by Crippen LogP contribution is 2.30. The molecule has 0 unspecified atom stereocenters. The van der Waals surface area contributed by atoms with Gasteiger partial charge < -0.3 is 0 Å². The molecule has 8 bridgehead atoms. The molecule has 0 N–H and O–H groups in total. The SMILES string of the molecule is B(C[N+]12CN3CN(CN(C3)C1)C2)C[N+]12CN3CN(CN(C3)C1)C2. The van der Waals surface area contributed by atoms with Gasteiger partial charge in [0.15, 0.2) is 0 Å². The van der Waals surface area contributed by atoms with Crippen LogP contribution in [-0.4, -0.2) is 139 Å². The monoisotopic (exact) mass is 320 g/mol. The van der Waals surface area contributed by atoms with Gasteiger partial charge in [0.2, 0.25) is 0 Å². The fraction of sp³-hybridized carbons (Fsp3) is 1.00. The fourth-order valence-corrected chi connectivity index (χ4v) is 6.48. The van der Waals surface area contributed by atoms with Crippen molar-refractivity contribution in [2.75, 3.05) is 92.9 Å². The quantitative estimate of drug-likeness (QED) is 0.414. The van der Waals surface area contributed by atoms with Crippen LogP contribution in [0, 0.1) is 0 Å². The second kappa shape index (κ2) is 4.67. The number of hydrogen-bond acceptors (Lipinski definition) is 6. The van der Waals surface area contributed by atoms with Gasteiger partial charge in [0.25, 0.3) is 7.28 Å². The molecule has 0 atom stereocenters. The Hall–Kier alpha value is -0.255. The molecule has 0 spiro atoms. The summed E-state index contributed by atoms with van der Waals surface area (Å²) < 4.78 is 2.61. The van der Waals surface area contributed by atoms with Crippen LogP contribution in [0.3, 0.4) is 0 Å². The van der Waals surface area contributed by atoms with E-state index in [9.17, 15) is 0 Å². The molecule has 8 aliphatic rings. The maximum absolute atomic E-state index is 2.64. The van der Waals surface area contributed by atoms with Crippen LogP contribution in [0.1, 0.15) is 0 Å². The maximum atomic E-state index is 2.64. The number of quaternary nitrogens is 2. The van der Waals surface area contributed by atoms with E-state index in [4.69, 9.17) is 0 Å².